The minimum Gasteiger partial charge on any atom is -0.369 e. The van der Waals surface area contributed by atoms with Gasteiger partial charge in [0.05, 0.1) is 34.1 Å². The third-order valence-electron chi connectivity index (χ3n) is 8.42. The van der Waals surface area contributed by atoms with Gasteiger partial charge in [-0.15, -0.1) is 11.3 Å². The fraction of sp³-hybridized carbons (Fsp3) is 0.433. The Kier molecular flexibility index (Phi) is 7.30. The second-order valence-electron chi connectivity index (χ2n) is 11.4. The van der Waals surface area contributed by atoms with Gasteiger partial charge in [-0.05, 0) is 61.2 Å². The van der Waals surface area contributed by atoms with E-state index in [1.807, 2.05) is 29.2 Å². The summed E-state index contributed by atoms with van der Waals surface area (Å²) in [4.78, 5) is 21.0. The summed E-state index contributed by atoms with van der Waals surface area (Å²) in [5, 5.41) is 12.8. The molecule has 3 aliphatic rings. The number of hydrogen-bond acceptors (Lipinski definition) is 7. The van der Waals surface area contributed by atoms with Crippen LogP contribution < -0.4 is 10.2 Å². The quantitative estimate of drug-likeness (QED) is 0.391. The zero-order valence-corrected chi connectivity index (χ0v) is 24.3. The van der Waals surface area contributed by atoms with Crippen LogP contribution in [-0.2, 0) is 14.6 Å². The van der Waals surface area contributed by atoms with Crippen LogP contribution in [0.15, 0.2) is 48.5 Å². The summed E-state index contributed by atoms with van der Waals surface area (Å²) < 4.78 is 66.8. The molecule has 3 aromatic rings. The number of rotatable bonds is 6. The maximum absolute atomic E-state index is 14.7. The topological polar surface area (TPSA) is 103 Å². The predicted molar refractivity (Wildman–Crippen MR) is 155 cm³/mol. The summed E-state index contributed by atoms with van der Waals surface area (Å²) in [6.45, 7) is 0.804. The fourth-order valence-corrected chi connectivity index (χ4v) is 8.10. The number of aromatic nitrogens is 1. The second-order valence-corrected chi connectivity index (χ2v) is 14.7. The first-order valence-electron chi connectivity index (χ1n) is 13.9. The van der Waals surface area contributed by atoms with Gasteiger partial charge >= 0.3 is 0 Å². The number of carbonyl (C=O) groups excluding carboxylic acids is 1. The Morgan fingerprint density at radius 2 is 1.67 bits per heavy atom. The van der Waals surface area contributed by atoms with Gasteiger partial charge in [0.15, 0.2) is 9.84 Å². The molecule has 12 heteroatoms. The molecular weight excluding hydrogens is 585 g/mol. The molecule has 1 aromatic heterocycles. The van der Waals surface area contributed by atoms with Crippen LogP contribution in [0.5, 0.6) is 0 Å². The number of carbonyl (C=O) groups is 1. The number of nitrogens with zero attached hydrogens (tertiary/aromatic N) is 3. The predicted octanol–water partition coefficient (Wildman–Crippen LogP) is 5.54. The molecule has 0 unspecified atom stereocenters. The number of alkyl halides is 2. The Balaban J connectivity index is 1.37. The lowest BCUT2D eigenvalue weighted by molar-refractivity contribution is -0.134. The van der Waals surface area contributed by atoms with Crippen LogP contribution in [0.4, 0.5) is 18.9 Å². The van der Waals surface area contributed by atoms with Crippen molar-refractivity contribution in [2.75, 3.05) is 29.5 Å². The number of nitrogens with one attached hydrogen (secondary N) is 1. The van der Waals surface area contributed by atoms with Crippen LogP contribution in [0.1, 0.15) is 43.7 Å². The lowest BCUT2D eigenvalue weighted by Crippen LogP contribution is -2.45. The number of amides is 1. The molecule has 0 radical (unpaired) electrons. The van der Waals surface area contributed by atoms with Crippen molar-refractivity contribution in [1.29, 1.82) is 5.26 Å². The average Bonchev–Trinajstić information content (AvgIpc) is 3.60. The van der Waals surface area contributed by atoms with Gasteiger partial charge < -0.3 is 10.2 Å². The van der Waals surface area contributed by atoms with Gasteiger partial charge in [0.2, 0.25) is 11.8 Å². The van der Waals surface area contributed by atoms with Gasteiger partial charge in [-0.1, -0.05) is 12.1 Å². The molecule has 3 fully saturated rings. The zero-order valence-electron chi connectivity index (χ0n) is 22.7. The molecule has 1 aliphatic heterocycles. The Morgan fingerprint density at radius 1 is 1.02 bits per heavy atom. The van der Waals surface area contributed by atoms with Gasteiger partial charge in [0.25, 0.3) is 0 Å². The monoisotopic (exact) mass is 614 g/mol. The highest BCUT2D eigenvalue weighted by atomic mass is 32.2. The third kappa shape index (κ3) is 5.90. The number of halogens is 3. The van der Waals surface area contributed by atoms with E-state index < -0.39 is 51.3 Å². The molecule has 7 nitrogen and oxygen atoms in total. The highest BCUT2D eigenvalue weighted by Crippen LogP contribution is 2.50. The lowest BCUT2D eigenvalue weighted by Gasteiger charge is -2.35. The Morgan fingerprint density at radius 3 is 2.29 bits per heavy atom. The van der Waals surface area contributed by atoms with Crippen LogP contribution in [0.2, 0.25) is 0 Å². The molecule has 6 rings (SSSR count). The maximum atomic E-state index is 14.7. The summed E-state index contributed by atoms with van der Waals surface area (Å²) in [6.07, 6.45) is 0.0175. The first kappa shape index (κ1) is 28.7. The van der Waals surface area contributed by atoms with E-state index >= 15 is 0 Å². The van der Waals surface area contributed by atoms with Crippen LogP contribution in [-0.4, -0.2) is 55.4 Å². The van der Waals surface area contributed by atoms with Crippen molar-refractivity contribution in [2.45, 2.75) is 49.5 Å². The van der Waals surface area contributed by atoms with E-state index in [2.05, 4.69) is 11.4 Å². The minimum atomic E-state index is -3.02. The Hall–Kier alpha value is -3.43. The number of thiazole rings is 1. The summed E-state index contributed by atoms with van der Waals surface area (Å²) in [6, 6.07) is 15.6. The van der Waals surface area contributed by atoms with Gasteiger partial charge in [-0.2, -0.15) is 5.26 Å². The number of hydrogen-bond donors (Lipinski definition) is 1. The Labute approximate surface area is 246 Å². The van der Waals surface area contributed by atoms with Gasteiger partial charge in [-0.25, -0.2) is 26.6 Å². The molecule has 1 amide bonds. The molecular formula is C30H29F3N4O3S2. The van der Waals surface area contributed by atoms with E-state index in [-0.39, 0.29) is 24.3 Å². The molecule has 1 N–H and O–H groups in total. The fourth-order valence-electron chi connectivity index (χ4n) is 5.76. The number of sulfone groups is 1. The standard InChI is InChI=1S/C30H29F3N4O3S2/c31-21-5-1-20(2-6-21)28-35-25(23-9-10-30(32,33)17-24(23)27(38)36-29(18-34)11-12-29)26(41-28)19-3-7-22(8-4-19)37-13-15-42(39,40)16-14-37/h1-8,23-24H,9-17H2,(H,36,38)/t23-,24-/m1/s1. The van der Waals surface area contributed by atoms with E-state index in [0.29, 0.717) is 42.2 Å². The highest BCUT2D eigenvalue weighted by Gasteiger charge is 2.51. The van der Waals surface area contributed by atoms with Crippen molar-refractivity contribution in [3.8, 4) is 27.1 Å². The molecule has 0 bridgehead atoms. The van der Waals surface area contributed by atoms with Crippen LogP contribution in [0.25, 0.3) is 21.0 Å². The minimum absolute atomic E-state index is 0.0462. The van der Waals surface area contributed by atoms with E-state index in [1.165, 1.54) is 23.5 Å². The summed E-state index contributed by atoms with van der Waals surface area (Å²) in [5.41, 5.74) is 1.88. The van der Waals surface area contributed by atoms with Crippen molar-refractivity contribution in [3.05, 3.63) is 60.0 Å². The van der Waals surface area contributed by atoms with Gasteiger partial charge in [0.1, 0.15) is 16.4 Å². The SMILES string of the molecule is N#CC1(NC(=O)[C@@H]2CC(F)(F)CC[C@H]2c2nc(-c3ccc(F)cc3)sc2-c2ccc(N3CCS(=O)(=O)CC3)cc2)CC1. The van der Waals surface area contributed by atoms with E-state index in [9.17, 15) is 31.6 Å². The van der Waals surface area contributed by atoms with Crippen molar-refractivity contribution in [3.63, 3.8) is 0 Å². The number of nitriles is 1. The van der Waals surface area contributed by atoms with Crippen molar-refractivity contribution in [1.82, 2.24) is 10.3 Å². The first-order chi connectivity index (χ1) is 20.0. The third-order valence-corrected chi connectivity index (χ3v) is 11.2. The molecule has 220 valence electrons. The Bertz CT molecular complexity index is 1630. The molecule has 42 heavy (non-hydrogen) atoms. The van der Waals surface area contributed by atoms with Crippen LogP contribution in [0.3, 0.4) is 0 Å². The van der Waals surface area contributed by atoms with Crippen molar-refractivity contribution < 1.29 is 26.4 Å². The zero-order chi connectivity index (χ0) is 29.7. The van der Waals surface area contributed by atoms with Gasteiger partial charge in [-0.3, -0.25) is 4.79 Å². The van der Waals surface area contributed by atoms with Crippen molar-refractivity contribution >= 4 is 32.8 Å². The summed E-state index contributed by atoms with van der Waals surface area (Å²) in [7, 11) is -3.02. The second kappa shape index (κ2) is 10.7. The smallest absolute Gasteiger partial charge is 0.249 e. The van der Waals surface area contributed by atoms with E-state index in [0.717, 1.165) is 16.1 Å². The molecule has 2 atom stereocenters. The lowest BCUT2D eigenvalue weighted by atomic mass is 9.74. The average molecular weight is 615 g/mol. The highest BCUT2D eigenvalue weighted by molar-refractivity contribution is 7.91. The van der Waals surface area contributed by atoms with E-state index in [4.69, 9.17) is 4.98 Å². The van der Waals surface area contributed by atoms with Crippen molar-refractivity contribution in [2.24, 2.45) is 5.92 Å². The molecule has 0 spiro atoms. The molecule has 2 aromatic carbocycles. The van der Waals surface area contributed by atoms with Crippen LogP contribution in [0, 0.1) is 23.1 Å². The molecule has 1 saturated heterocycles. The molecule has 2 saturated carbocycles. The maximum Gasteiger partial charge on any atom is 0.249 e. The summed E-state index contributed by atoms with van der Waals surface area (Å²) >= 11 is 1.35. The number of benzene rings is 2. The summed E-state index contributed by atoms with van der Waals surface area (Å²) in [5.74, 6) is -5.45. The van der Waals surface area contributed by atoms with Gasteiger partial charge in [0, 0.05) is 43.1 Å². The van der Waals surface area contributed by atoms with Crippen LogP contribution >= 0.6 is 11.3 Å². The number of anilines is 1. The molecule has 2 aliphatic carbocycles. The normalized spacial score (nSPS) is 24.0. The molecule has 2 heterocycles. The van der Waals surface area contributed by atoms with E-state index in [1.54, 1.807) is 12.1 Å². The largest absolute Gasteiger partial charge is 0.369 e. The first-order valence-corrected chi connectivity index (χ1v) is 16.5.